The Labute approximate surface area is 179 Å². The van der Waals surface area contributed by atoms with Crippen LogP contribution in [-0.2, 0) is 20.9 Å². The lowest BCUT2D eigenvalue weighted by molar-refractivity contribution is -0.0214. The number of hydrogen-bond donors (Lipinski definition) is 2. The molecule has 10 heteroatoms. The first-order valence-electron chi connectivity index (χ1n) is 9.74. The number of carbonyl (C=O) groups is 1. The summed E-state index contributed by atoms with van der Waals surface area (Å²) in [5.74, 6) is -0.613. The van der Waals surface area contributed by atoms with Crippen LogP contribution in [0.2, 0.25) is 0 Å². The predicted octanol–water partition coefficient (Wildman–Crippen LogP) is 3.41. The Bertz CT molecular complexity index is 1270. The van der Waals surface area contributed by atoms with Gasteiger partial charge < -0.3 is 19.1 Å². The van der Waals surface area contributed by atoms with Crippen LogP contribution in [0.4, 0.5) is 9.18 Å². The van der Waals surface area contributed by atoms with Crippen LogP contribution >= 0.6 is 0 Å². The van der Waals surface area contributed by atoms with Crippen molar-refractivity contribution in [1.82, 2.24) is 14.3 Å². The second-order valence-electron chi connectivity index (χ2n) is 7.75. The number of aromatic nitrogens is 2. The Kier molecular flexibility index (Phi) is 5.44. The minimum absolute atomic E-state index is 0.114. The molecule has 1 saturated heterocycles. The zero-order valence-corrected chi connectivity index (χ0v) is 18.0. The largest absolute Gasteiger partial charge is 0.465 e. The first-order valence-corrected chi connectivity index (χ1v) is 11.7. The Balaban J connectivity index is 1.80. The average molecular weight is 447 g/mol. The van der Waals surface area contributed by atoms with Gasteiger partial charge in [0.2, 0.25) is 0 Å². The molecule has 1 aromatic carbocycles. The fraction of sp³-hybridized carbons (Fsp3) is 0.333. The van der Waals surface area contributed by atoms with Crippen LogP contribution in [0.15, 0.2) is 41.4 Å². The molecule has 2 atom stereocenters. The number of amides is 1. The maximum atomic E-state index is 15.0. The quantitative estimate of drug-likeness (QED) is 0.639. The van der Waals surface area contributed by atoms with Gasteiger partial charge in [0.15, 0.2) is 0 Å². The summed E-state index contributed by atoms with van der Waals surface area (Å²) in [5, 5.41) is 9.31. The highest BCUT2D eigenvalue weighted by Gasteiger charge is 2.27. The minimum atomic E-state index is -3.05. The third kappa shape index (κ3) is 4.26. The van der Waals surface area contributed by atoms with Crippen molar-refractivity contribution in [1.29, 1.82) is 4.78 Å². The second-order valence-corrected chi connectivity index (χ2v) is 9.91. The molecule has 31 heavy (non-hydrogen) atoms. The molecule has 0 spiro atoms. The molecular formula is C21H23FN4O4S. The number of benzene rings is 1. The monoisotopic (exact) mass is 446 g/mol. The van der Waals surface area contributed by atoms with Gasteiger partial charge in [0, 0.05) is 35.9 Å². The van der Waals surface area contributed by atoms with Crippen LogP contribution in [0.1, 0.15) is 11.3 Å². The van der Waals surface area contributed by atoms with Gasteiger partial charge in [-0.25, -0.2) is 23.2 Å². The number of fused-ring (bicyclic) bond motifs is 1. The molecule has 2 aromatic heterocycles. The summed E-state index contributed by atoms with van der Waals surface area (Å²) >= 11 is 0. The van der Waals surface area contributed by atoms with Crippen LogP contribution in [-0.4, -0.2) is 61.7 Å². The highest BCUT2D eigenvalue weighted by Crippen LogP contribution is 2.30. The van der Waals surface area contributed by atoms with Crippen molar-refractivity contribution in [3.63, 3.8) is 0 Å². The minimum Gasteiger partial charge on any atom is -0.465 e. The van der Waals surface area contributed by atoms with Crippen LogP contribution in [0.25, 0.3) is 16.9 Å². The average Bonchev–Trinajstić information content (AvgIpc) is 3.04. The summed E-state index contributed by atoms with van der Waals surface area (Å²) in [7, 11) is -3.05. The normalized spacial score (nSPS) is 18.8. The van der Waals surface area contributed by atoms with Crippen LogP contribution < -0.4 is 0 Å². The molecule has 1 fully saturated rings. The molecule has 3 heterocycles. The summed E-state index contributed by atoms with van der Waals surface area (Å²) in [5.41, 5.74) is 2.98. The van der Waals surface area contributed by atoms with E-state index in [0.29, 0.717) is 36.6 Å². The lowest BCUT2D eigenvalue weighted by Crippen LogP contribution is -2.45. The SMILES string of the molecule is Cc1ccn2c(C[C@H]3CN(C(=O)O)CCO3)c(-c3ccc(S(C)(=N)=O)cc3F)nc2c1. The molecular weight excluding hydrogens is 423 g/mol. The van der Waals surface area contributed by atoms with Crippen LogP contribution in [0.3, 0.4) is 0 Å². The molecule has 0 bridgehead atoms. The number of hydrogen-bond acceptors (Lipinski definition) is 5. The fourth-order valence-corrected chi connectivity index (χ4v) is 4.43. The van der Waals surface area contributed by atoms with Gasteiger partial charge >= 0.3 is 6.09 Å². The molecule has 3 aromatic rings. The molecule has 4 rings (SSSR count). The number of ether oxygens (including phenoxy) is 1. The third-order valence-corrected chi connectivity index (χ3v) is 6.51. The highest BCUT2D eigenvalue weighted by atomic mass is 32.2. The summed E-state index contributed by atoms with van der Waals surface area (Å²) in [6.07, 6.45) is 2.04. The molecule has 164 valence electrons. The Morgan fingerprint density at radius 1 is 1.39 bits per heavy atom. The van der Waals surface area contributed by atoms with E-state index in [2.05, 4.69) is 4.98 Å². The number of nitrogens with zero attached hydrogens (tertiary/aromatic N) is 3. The number of rotatable bonds is 4. The van der Waals surface area contributed by atoms with Gasteiger partial charge in [0.25, 0.3) is 0 Å². The van der Waals surface area contributed by atoms with Crippen molar-refractivity contribution in [2.45, 2.75) is 24.3 Å². The molecule has 0 saturated carbocycles. The van der Waals surface area contributed by atoms with E-state index in [1.54, 1.807) is 0 Å². The topological polar surface area (TPSA) is 108 Å². The lowest BCUT2D eigenvalue weighted by atomic mass is 10.0. The van der Waals surface area contributed by atoms with Crippen LogP contribution in [0, 0.1) is 17.5 Å². The van der Waals surface area contributed by atoms with E-state index in [9.17, 15) is 14.1 Å². The fourth-order valence-electron chi connectivity index (χ4n) is 3.77. The number of nitrogens with one attached hydrogen (secondary N) is 1. The van der Waals surface area contributed by atoms with E-state index in [1.165, 1.54) is 23.3 Å². The van der Waals surface area contributed by atoms with E-state index in [1.807, 2.05) is 29.7 Å². The number of imidazole rings is 1. The van der Waals surface area contributed by atoms with E-state index < -0.39 is 27.7 Å². The molecule has 1 aliphatic heterocycles. The van der Waals surface area contributed by atoms with Gasteiger partial charge in [-0.05, 0) is 42.8 Å². The first-order chi connectivity index (χ1) is 14.6. The summed E-state index contributed by atoms with van der Waals surface area (Å²) in [4.78, 5) is 17.4. The van der Waals surface area contributed by atoms with Crippen molar-refractivity contribution in [2.75, 3.05) is 26.0 Å². The number of morpholine rings is 1. The van der Waals surface area contributed by atoms with Gasteiger partial charge in [0.1, 0.15) is 11.5 Å². The smallest absolute Gasteiger partial charge is 0.407 e. The molecule has 1 amide bonds. The van der Waals surface area contributed by atoms with Crippen molar-refractivity contribution in [2.24, 2.45) is 0 Å². The van der Waals surface area contributed by atoms with Gasteiger partial charge in [-0.2, -0.15) is 0 Å². The van der Waals surface area contributed by atoms with E-state index in [-0.39, 0.29) is 17.0 Å². The first kappa shape index (κ1) is 21.3. The second kappa shape index (κ2) is 7.93. The third-order valence-electron chi connectivity index (χ3n) is 5.36. The molecule has 0 aliphatic carbocycles. The molecule has 0 radical (unpaired) electrons. The number of pyridine rings is 1. The van der Waals surface area contributed by atoms with Gasteiger partial charge in [0.05, 0.1) is 40.4 Å². The van der Waals surface area contributed by atoms with Gasteiger partial charge in [-0.1, -0.05) is 0 Å². The highest BCUT2D eigenvalue weighted by molar-refractivity contribution is 7.91. The maximum absolute atomic E-state index is 15.0. The standard InChI is InChI=1S/C21H23FN4O4S/c1-13-5-6-26-18(10-14-12-25(21(27)28)7-8-30-14)20(24-19(26)9-13)16-4-3-15(11-17(16)22)31(2,23)29/h3-6,9,11,14,23H,7-8,10,12H2,1-2H3,(H,27,28)/t14-,31?/m0/s1. The summed E-state index contributed by atoms with van der Waals surface area (Å²) in [6, 6.07) is 7.89. The molecule has 8 nitrogen and oxygen atoms in total. The Hall–Kier alpha value is -2.98. The summed E-state index contributed by atoms with van der Waals surface area (Å²) < 4.78 is 42.4. The molecule has 1 unspecified atom stereocenters. The van der Waals surface area contributed by atoms with Gasteiger partial charge in [-0.15, -0.1) is 0 Å². The predicted molar refractivity (Wildman–Crippen MR) is 113 cm³/mol. The molecule has 2 N–H and O–H groups in total. The van der Waals surface area contributed by atoms with E-state index >= 15 is 4.39 Å². The Morgan fingerprint density at radius 2 is 2.16 bits per heavy atom. The Morgan fingerprint density at radius 3 is 2.84 bits per heavy atom. The van der Waals surface area contributed by atoms with Crippen molar-refractivity contribution in [3.8, 4) is 11.3 Å². The van der Waals surface area contributed by atoms with E-state index in [4.69, 9.17) is 9.52 Å². The lowest BCUT2D eigenvalue weighted by Gasteiger charge is -2.31. The number of halogens is 1. The zero-order valence-electron chi connectivity index (χ0n) is 17.2. The zero-order chi connectivity index (χ0) is 22.3. The van der Waals surface area contributed by atoms with E-state index in [0.717, 1.165) is 11.6 Å². The summed E-state index contributed by atoms with van der Waals surface area (Å²) in [6.45, 7) is 2.75. The number of aryl methyl sites for hydroxylation is 1. The van der Waals surface area contributed by atoms with Crippen molar-refractivity contribution in [3.05, 3.63) is 53.6 Å². The molecule has 1 aliphatic rings. The maximum Gasteiger partial charge on any atom is 0.407 e. The van der Waals surface area contributed by atoms with Gasteiger partial charge in [-0.3, -0.25) is 0 Å². The number of carboxylic acid groups (broad SMARTS) is 1. The van der Waals surface area contributed by atoms with Crippen molar-refractivity contribution < 1.29 is 23.2 Å². The van der Waals surface area contributed by atoms with Crippen molar-refractivity contribution >= 4 is 21.5 Å². The van der Waals surface area contributed by atoms with Crippen LogP contribution in [0.5, 0.6) is 0 Å².